The molecule has 1 aliphatic rings. The minimum atomic E-state index is 0.0285. The van der Waals surface area contributed by atoms with E-state index in [9.17, 15) is 4.79 Å². The van der Waals surface area contributed by atoms with Gasteiger partial charge in [-0.1, -0.05) is 39.0 Å². The summed E-state index contributed by atoms with van der Waals surface area (Å²) in [6.45, 7) is 7.17. The van der Waals surface area contributed by atoms with E-state index in [1.54, 1.807) is 0 Å². The van der Waals surface area contributed by atoms with Gasteiger partial charge >= 0.3 is 0 Å². The van der Waals surface area contributed by atoms with Gasteiger partial charge in [0.1, 0.15) is 0 Å². The molecule has 1 aromatic carbocycles. The molecule has 0 aromatic heterocycles. The van der Waals surface area contributed by atoms with E-state index in [1.807, 2.05) is 18.0 Å². The van der Waals surface area contributed by atoms with Crippen molar-refractivity contribution in [1.29, 1.82) is 0 Å². The SMILES string of the molecule is CNC1CCCN(C(=O)CC(C)(C)C)c2ccccc21. The summed E-state index contributed by atoms with van der Waals surface area (Å²) in [4.78, 5) is 14.6. The third-order valence-electron chi connectivity index (χ3n) is 3.81. The summed E-state index contributed by atoms with van der Waals surface area (Å²) in [5.74, 6) is 0.238. The average molecular weight is 274 g/mol. The third-order valence-corrected chi connectivity index (χ3v) is 3.81. The molecule has 1 unspecified atom stereocenters. The van der Waals surface area contributed by atoms with Crippen molar-refractivity contribution in [2.75, 3.05) is 18.5 Å². The first kappa shape index (κ1) is 15.0. The van der Waals surface area contributed by atoms with E-state index in [-0.39, 0.29) is 11.3 Å². The topological polar surface area (TPSA) is 32.3 Å². The summed E-state index contributed by atoms with van der Waals surface area (Å²) in [5.41, 5.74) is 2.36. The standard InChI is InChI=1S/C17H26N2O/c1-17(2,3)12-16(20)19-11-7-9-14(18-4)13-8-5-6-10-15(13)19/h5-6,8,10,14,18H,7,9,11-12H2,1-4H3. The van der Waals surface area contributed by atoms with Gasteiger partial charge in [-0.15, -0.1) is 0 Å². The molecule has 110 valence electrons. The second kappa shape index (κ2) is 5.96. The van der Waals surface area contributed by atoms with Crippen molar-refractivity contribution in [3.63, 3.8) is 0 Å². The minimum absolute atomic E-state index is 0.0285. The molecule has 0 radical (unpaired) electrons. The number of amides is 1. The van der Waals surface area contributed by atoms with Gasteiger partial charge in [-0.2, -0.15) is 0 Å². The molecule has 1 heterocycles. The largest absolute Gasteiger partial charge is 0.313 e. The van der Waals surface area contributed by atoms with E-state index in [0.29, 0.717) is 12.5 Å². The van der Waals surface area contributed by atoms with Gasteiger partial charge in [0, 0.05) is 24.7 Å². The fourth-order valence-electron chi connectivity index (χ4n) is 2.87. The van der Waals surface area contributed by atoms with E-state index in [0.717, 1.165) is 25.1 Å². The van der Waals surface area contributed by atoms with E-state index in [2.05, 4.69) is 44.3 Å². The molecular weight excluding hydrogens is 248 g/mol. The van der Waals surface area contributed by atoms with Gasteiger partial charge in [0.2, 0.25) is 5.91 Å². The van der Waals surface area contributed by atoms with E-state index in [4.69, 9.17) is 0 Å². The lowest BCUT2D eigenvalue weighted by molar-refractivity contribution is -0.120. The molecule has 1 aliphatic heterocycles. The smallest absolute Gasteiger partial charge is 0.227 e. The number of fused-ring (bicyclic) bond motifs is 1. The quantitative estimate of drug-likeness (QED) is 0.895. The molecular formula is C17H26N2O. The third kappa shape index (κ3) is 3.40. The summed E-state index contributed by atoms with van der Waals surface area (Å²) in [5, 5.41) is 3.37. The Morgan fingerprint density at radius 1 is 1.35 bits per heavy atom. The first-order valence-electron chi connectivity index (χ1n) is 7.49. The van der Waals surface area contributed by atoms with E-state index >= 15 is 0 Å². The molecule has 1 amide bonds. The van der Waals surface area contributed by atoms with Crippen LogP contribution >= 0.6 is 0 Å². The van der Waals surface area contributed by atoms with Crippen LogP contribution in [0.3, 0.4) is 0 Å². The number of para-hydroxylation sites is 1. The van der Waals surface area contributed by atoms with Crippen LogP contribution in [0.25, 0.3) is 0 Å². The summed E-state index contributed by atoms with van der Waals surface area (Å²) in [6, 6.07) is 8.64. The van der Waals surface area contributed by atoms with Crippen LogP contribution in [-0.4, -0.2) is 19.5 Å². The number of carbonyl (C=O) groups is 1. The summed E-state index contributed by atoms with van der Waals surface area (Å²) >= 11 is 0. The van der Waals surface area contributed by atoms with Crippen molar-refractivity contribution in [2.24, 2.45) is 5.41 Å². The zero-order valence-corrected chi connectivity index (χ0v) is 13.1. The molecule has 2 rings (SSSR count). The van der Waals surface area contributed by atoms with Crippen molar-refractivity contribution in [3.8, 4) is 0 Å². The Hall–Kier alpha value is -1.35. The zero-order chi connectivity index (χ0) is 14.8. The monoisotopic (exact) mass is 274 g/mol. The van der Waals surface area contributed by atoms with Gasteiger partial charge in [0.05, 0.1) is 0 Å². The highest BCUT2D eigenvalue weighted by atomic mass is 16.2. The fraction of sp³-hybridized carbons (Fsp3) is 0.588. The first-order chi connectivity index (χ1) is 9.42. The van der Waals surface area contributed by atoms with Crippen molar-refractivity contribution < 1.29 is 4.79 Å². The molecule has 0 fully saturated rings. The first-order valence-corrected chi connectivity index (χ1v) is 7.49. The molecule has 3 nitrogen and oxygen atoms in total. The van der Waals surface area contributed by atoms with Crippen LogP contribution in [0.2, 0.25) is 0 Å². The second-order valence-corrected chi connectivity index (χ2v) is 6.83. The van der Waals surface area contributed by atoms with Crippen LogP contribution in [0.4, 0.5) is 5.69 Å². The van der Waals surface area contributed by atoms with Gasteiger partial charge in [-0.05, 0) is 36.9 Å². The molecule has 3 heteroatoms. The number of rotatable bonds is 2. The minimum Gasteiger partial charge on any atom is -0.313 e. The van der Waals surface area contributed by atoms with E-state index in [1.165, 1.54) is 5.56 Å². The maximum Gasteiger partial charge on any atom is 0.227 e. The highest BCUT2D eigenvalue weighted by Crippen LogP contribution is 2.34. The number of nitrogens with one attached hydrogen (secondary N) is 1. The Balaban J connectivity index is 2.32. The number of carbonyl (C=O) groups excluding carboxylic acids is 1. The normalized spacial score (nSPS) is 19.4. The van der Waals surface area contributed by atoms with Gasteiger partial charge in [-0.25, -0.2) is 0 Å². The van der Waals surface area contributed by atoms with Crippen LogP contribution in [0.1, 0.15) is 51.6 Å². The number of nitrogens with zero attached hydrogens (tertiary/aromatic N) is 1. The average Bonchev–Trinajstić information content (AvgIpc) is 2.55. The number of benzene rings is 1. The number of hydrogen-bond acceptors (Lipinski definition) is 2. The molecule has 20 heavy (non-hydrogen) atoms. The molecule has 1 aromatic rings. The molecule has 1 N–H and O–H groups in total. The fourth-order valence-corrected chi connectivity index (χ4v) is 2.87. The summed E-state index contributed by atoms with van der Waals surface area (Å²) < 4.78 is 0. The van der Waals surface area contributed by atoms with Crippen LogP contribution in [0.15, 0.2) is 24.3 Å². The Morgan fingerprint density at radius 3 is 2.70 bits per heavy atom. The highest BCUT2D eigenvalue weighted by Gasteiger charge is 2.27. The summed E-state index contributed by atoms with van der Waals surface area (Å²) in [7, 11) is 1.99. The lowest BCUT2D eigenvalue weighted by Crippen LogP contribution is -2.34. The van der Waals surface area contributed by atoms with Gasteiger partial charge in [-0.3, -0.25) is 4.79 Å². The van der Waals surface area contributed by atoms with Crippen LogP contribution in [0, 0.1) is 5.41 Å². The molecule has 0 bridgehead atoms. The zero-order valence-electron chi connectivity index (χ0n) is 13.1. The van der Waals surface area contributed by atoms with E-state index < -0.39 is 0 Å². The lowest BCUT2D eigenvalue weighted by Gasteiger charge is -2.27. The Kier molecular flexibility index (Phi) is 4.48. The lowest BCUT2D eigenvalue weighted by atomic mass is 9.91. The second-order valence-electron chi connectivity index (χ2n) is 6.83. The number of hydrogen-bond donors (Lipinski definition) is 1. The Bertz CT molecular complexity index is 476. The molecule has 1 atom stereocenters. The molecule has 0 saturated carbocycles. The maximum atomic E-state index is 12.6. The van der Waals surface area contributed by atoms with Crippen LogP contribution < -0.4 is 10.2 Å². The molecule has 0 aliphatic carbocycles. The van der Waals surface area contributed by atoms with Crippen molar-refractivity contribution >= 4 is 11.6 Å². The van der Waals surface area contributed by atoms with Crippen molar-refractivity contribution in [3.05, 3.63) is 29.8 Å². The highest BCUT2D eigenvalue weighted by molar-refractivity contribution is 5.94. The number of anilines is 1. The van der Waals surface area contributed by atoms with Gasteiger partial charge in [0.25, 0.3) is 0 Å². The molecule has 0 saturated heterocycles. The van der Waals surface area contributed by atoms with Crippen LogP contribution in [-0.2, 0) is 4.79 Å². The van der Waals surface area contributed by atoms with Crippen molar-refractivity contribution in [2.45, 2.75) is 46.1 Å². The summed E-state index contributed by atoms with van der Waals surface area (Å²) in [6.07, 6.45) is 2.70. The van der Waals surface area contributed by atoms with Crippen LogP contribution in [0.5, 0.6) is 0 Å². The van der Waals surface area contributed by atoms with Crippen molar-refractivity contribution in [1.82, 2.24) is 5.32 Å². The predicted octanol–water partition coefficient (Wildman–Crippen LogP) is 3.51. The van der Waals surface area contributed by atoms with Gasteiger partial charge < -0.3 is 10.2 Å². The Labute approximate surface area is 122 Å². The molecule has 0 spiro atoms. The predicted molar refractivity (Wildman–Crippen MR) is 83.9 cm³/mol. The maximum absolute atomic E-state index is 12.6. The Morgan fingerprint density at radius 2 is 2.05 bits per heavy atom. The van der Waals surface area contributed by atoms with Gasteiger partial charge in [0.15, 0.2) is 0 Å².